The first kappa shape index (κ1) is 29.2. The number of nitrogens with zero attached hydrogens (tertiary/aromatic N) is 4. The van der Waals surface area contributed by atoms with Gasteiger partial charge in [-0.1, -0.05) is 0 Å². The van der Waals surface area contributed by atoms with Crippen molar-refractivity contribution in [3.63, 3.8) is 0 Å². The van der Waals surface area contributed by atoms with Crippen LogP contribution in [0, 0.1) is 31.9 Å². The van der Waals surface area contributed by atoms with Crippen LogP contribution in [0.15, 0.2) is 17.1 Å². The highest BCUT2D eigenvalue weighted by atomic mass is 19.1. The molecule has 1 atom stereocenters. The van der Waals surface area contributed by atoms with Crippen LogP contribution in [-0.2, 0) is 16.1 Å². The largest absolute Gasteiger partial charge is 0.462 e. The summed E-state index contributed by atoms with van der Waals surface area (Å²) in [4.78, 5) is 49.6. The van der Waals surface area contributed by atoms with E-state index in [2.05, 4.69) is 10.2 Å². The number of aryl methyl sites for hydroxylation is 1. The van der Waals surface area contributed by atoms with Crippen LogP contribution in [-0.4, -0.2) is 64.8 Å². The van der Waals surface area contributed by atoms with Crippen LogP contribution in [0.4, 0.5) is 14.5 Å². The Balaban J connectivity index is 0.00000112. The molecule has 1 aliphatic heterocycles. The molecule has 2 N–H and O–H groups in total. The first-order chi connectivity index (χ1) is 17.5. The fourth-order valence-corrected chi connectivity index (χ4v) is 3.88. The monoisotopic (exact) mass is 531 g/mol. The van der Waals surface area contributed by atoms with Gasteiger partial charge in [0.15, 0.2) is 5.82 Å². The topological polar surface area (TPSA) is 179 Å². The molecule has 2 heterocycles. The Morgan fingerprint density at radius 1 is 1.27 bits per heavy atom. The fraction of sp³-hybridized carbons (Fsp3) is 0.524. The number of carbonyl (C=O) groups excluding carboxylic acids is 1. The molecule has 0 bridgehead atoms. The van der Waals surface area contributed by atoms with Gasteiger partial charge in [-0.3, -0.25) is 4.79 Å². The minimum atomic E-state index is -1.50. The number of hydrogen-bond acceptors (Lipinski definition) is 10. The molecule has 37 heavy (non-hydrogen) atoms. The molecule has 1 fully saturated rings. The predicted molar refractivity (Wildman–Crippen MR) is 125 cm³/mol. The van der Waals surface area contributed by atoms with Gasteiger partial charge in [-0.15, -0.1) is 20.2 Å². The summed E-state index contributed by atoms with van der Waals surface area (Å²) in [5, 5.41) is 25.8. The Labute approximate surface area is 208 Å². The van der Waals surface area contributed by atoms with Crippen molar-refractivity contribution in [3.05, 3.63) is 59.9 Å². The average molecular weight is 531 g/mol. The van der Waals surface area contributed by atoms with Gasteiger partial charge < -0.3 is 29.6 Å². The normalized spacial score (nSPS) is 15.0. The van der Waals surface area contributed by atoms with Crippen molar-refractivity contribution in [1.82, 2.24) is 9.88 Å². The maximum Gasteiger partial charge on any atom is 0.343 e. The van der Waals surface area contributed by atoms with Crippen molar-refractivity contribution in [2.75, 3.05) is 37.7 Å². The van der Waals surface area contributed by atoms with Crippen LogP contribution in [0.5, 0.6) is 0 Å². The molecule has 0 amide bonds. The third kappa shape index (κ3) is 7.70. The average Bonchev–Trinajstić information content (AvgIpc) is 2.81. The first-order valence-corrected chi connectivity index (χ1v) is 11.3. The van der Waals surface area contributed by atoms with E-state index >= 15 is 4.39 Å². The van der Waals surface area contributed by atoms with E-state index in [1.54, 1.807) is 11.8 Å². The number of aromatic nitrogens is 1. The highest BCUT2D eigenvalue weighted by molar-refractivity contribution is 5.95. The Morgan fingerprint density at radius 2 is 1.92 bits per heavy atom. The number of halogens is 2. The van der Waals surface area contributed by atoms with Crippen molar-refractivity contribution in [3.8, 4) is 0 Å². The van der Waals surface area contributed by atoms with E-state index in [1.807, 2.05) is 6.92 Å². The number of rotatable bonds is 9. The summed E-state index contributed by atoms with van der Waals surface area (Å²) in [5.41, 5.74) is -1.43. The van der Waals surface area contributed by atoms with Gasteiger partial charge in [0.05, 0.1) is 24.1 Å². The van der Waals surface area contributed by atoms with E-state index in [4.69, 9.17) is 20.1 Å². The third-order valence-electron chi connectivity index (χ3n) is 5.44. The zero-order valence-electron chi connectivity index (χ0n) is 20.1. The maximum absolute atomic E-state index is 15.5. The lowest BCUT2D eigenvalue weighted by molar-refractivity contribution is -0.757. The van der Waals surface area contributed by atoms with E-state index in [1.165, 1.54) is 10.8 Å². The fourth-order valence-electron chi connectivity index (χ4n) is 3.88. The SMILES string of the molecule is CCn1cc(C(=O)OCCCCO[N+](=O)[O-])c(=O)c2cc(F)c(N3CCNC(C)C3)c(F)c21.O=[N+]([O-])O. The summed E-state index contributed by atoms with van der Waals surface area (Å²) in [7, 11) is 0. The number of pyridine rings is 1. The van der Waals surface area contributed by atoms with E-state index in [-0.39, 0.29) is 60.8 Å². The van der Waals surface area contributed by atoms with Gasteiger partial charge in [0.2, 0.25) is 5.43 Å². The van der Waals surface area contributed by atoms with Crippen LogP contribution < -0.4 is 15.6 Å². The molecule has 3 rings (SSSR count). The highest BCUT2D eigenvalue weighted by Crippen LogP contribution is 2.30. The van der Waals surface area contributed by atoms with Crippen molar-refractivity contribution in [2.45, 2.75) is 39.3 Å². The van der Waals surface area contributed by atoms with Crippen molar-refractivity contribution in [1.29, 1.82) is 0 Å². The number of hydrogen-bond donors (Lipinski definition) is 2. The molecular formula is C21H27F2N5O9. The predicted octanol–water partition coefficient (Wildman–Crippen LogP) is 1.90. The molecule has 1 aliphatic rings. The minimum Gasteiger partial charge on any atom is -0.462 e. The number of unbranched alkanes of at least 4 members (excludes halogenated alkanes) is 1. The molecule has 16 heteroatoms. The molecule has 0 aliphatic carbocycles. The quantitative estimate of drug-likeness (QED) is 0.209. The number of benzene rings is 1. The van der Waals surface area contributed by atoms with Crippen LogP contribution in [0.25, 0.3) is 10.9 Å². The highest BCUT2D eigenvalue weighted by Gasteiger charge is 2.27. The molecule has 1 aromatic heterocycles. The van der Waals surface area contributed by atoms with E-state index < -0.39 is 33.2 Å². The van der Waals surface area contributed by atoms with Crippen LogP contribution in [0.2, 0.25) is 0 Å². The molecule has 0 radical (unpaired) electrons. The lowest BCUT2D eigenvalue weighted by Crippen LogP contribution is -2.49. The number of anilines is 1. The smallest absolute Gasteiger partial charge is 0.343 e. The molecule has 1 aromatic carbocycles. The van der Waals surface area contributed by atoms with Crippen molar-refractivity contribution in [2.24, 2.45) is 0 Å². The van der Waals surface area contributed by atoms with Crippen LogP contribution in [0.1, 0.15) is 37.0 Å². The number of ether oxygens (including phenoxy) is 1. The van der Waals surface area contributed by atoms with Gasteiger partial charge in [0.1, 0.15) is 17.1 Å². The number of carbonyl (C=O) groups is 1. The van der Waals surface area contributed by atoms with Gasteiger partial charge in [-0.2, -0.15) is 0 Å². The molecule has 1 saturated heterocycles. The summed E-state index contributed by atoms with van der Waals surface area (Å²) in [6, 6.07) is 1.02. The number of fused-ring (bicyclic) bond motifs is 1. The molecule has 2 aromatic rings. The van der Waals surface area contributed by atoms with Gasteiger partial charge in [-0.25, -0.2) is 13.6 Å². The Morgan fingerprint density at radius 3 is 2.51 bits per heavy atom. The van der Waals surface area contributed by atoms with E-state index in [0.29, 0.717) is 19.6 Å². The second kappa shape index (κ2) is 13.3. The van der Waals surface area contributed by atoms with Gasteiger partial charge in [0, 0.05) is 38.4 Å². The third-order valence-corrected chi connectivity index (χ3v) is 5.44. The Bertz CT molecular complexity index is 1200. The van der Waals surface area contributed by atoms with E-state index in [9.17, 15) is 24.1 Å². The Hall–Kier alpha value is -4.08. The second-order valence-electron chi connectivity index (χ2n) is 8.01. The molecule has 0 saturated carbocycles. The summed E-state index contributed by atoms with van der Waals surface area (Å²) < 4.78 is 37.0. The summed E-state index contributed by atoms with van der Waals surface area (Å²) in [6.45, 7) is 5.02. The standard InChI is InChI=1S/C21H26F2N4O6.HNO3/c1-3-25-12-15(21(29)32-8-4-5-9-33-27(30)31)20(28)14-10-16(22)19(17(23)18(14)25)26-7-6-24-13(2)11-26;2-1(3)4/h10,12-13,24H,3-9,11H2,1-2H3;(H,2,3,4). The first-order valence-electron chi connectivity index (χ1n) is 11.3. The van der Waals surface area contributed by atoms with E-state index in [0.717, 1.165) is 6.07 Å². The number of esters is 1. The second-order valence-corrected chi connectivity index (χ2v) is 8.01. The van der Waals surface area contributed by atoms with Gasteiger partial charge in [0.25, 0.3) is 10.2 Å². The molecule has 0 spiro atoms. The Kier molecular flexibility index (Phi) is 10.5. The number of nitrogens with one attached hydrogen (secondary N) is 1. The molecular weight excluding hydrogens is 504 g/mol. The van der Waals surface area contributed by atoms with Gasteiger partial charge in [-0.05, 0) is 32.8 Å². The van der Waals surface area contributed by atoms with Crippen molar-refractivity contribution < 1.29 is 38.5 Å². The summed E-state index contributed by atoms with van der Waals surface area (Å²) in [5.74, 6) is -2.64. The summed E-state index contributed by atoms with van der Waals surface area (Å²) in [6.07, 6.45) is 1.77. The zero-order chi connectivity index (χ0) is 27.7. The van der Waals surface area contributed by atoms with Crippen molar-refractivity contribution >= 4 is 22.6 Å². The maximum atomic E-state index is 15.5. The lowest BCUT2D eigenvalue weighted by atomic mass is 10.1. The number of piperazine rings is 1. The minimum absolute atomic E-state index is 0.0462. The van der Waals surface area contributed by atoms with Crippen LogP contribution >= 0.6 is 0 Å². The zero-order valence-corrected chi connectivity index (χ0v) is 20.1. The molecule has 204 valence electrons. The van der Waals surface area contributed by atoms with Gasteiger partial charge >= 0.3 is 5.97 Å². The lowest BCUT2D eigenvalue weighted by Gasteiger charge is -2.34. The van der Waals surface area contributed by atoms with Crippen LogP contribution in [0.3, 0.4) is 0 Å². The summed E-state index contributed by atoms with van der Waals surface area (Å²) >= 11 is 0. The molecule has 14 nitrogen and oxygen atoms in total. The molecule has 1 unspecified atom stereocenters.